The standard InChI is InChI=1S/C24H23N7O3S/c1-27-22-21(17-3-5-20(29-14-17)34-11-8-32)18(12-25)24(30-23(22)26)35-15-16-2-4-19(28-13-16)31-6-9-33-10-7-31/h2-5,13-14,32H,6-11,15H2,(H2,26,30). The summed E-state index contributed by atoms with van der Waals surface area (Å²) in [5.74, 6) is 1.82. The first kappa shape index (κ1) is 24.2. The van der Waals surface area contributed by atoms with Gasteiger partial charge in [-0.3, -0.25) is 0 Å². The van der Waals surface area contributed by atoms with Gasteiger partial charge in [0.15, 0.2) is 0 Å². The molecule has 1 saturated heterocycles. The van der Waals surface area contributed by atoms with E-state index in [2.05, 4.69) is 30.8 Å². The molecule has 0 radical (unpaired) electrons. The molecule has 1 aliphatic heterocycles. The fourth-order valence-electron chi connectivity index (χ4n) is 3.57. The quantitative estimate of drug-likeness (QED) is 0.359. The van der Waals surface area contributed by atoms with Gasteiger partial charge in [-0.15, -0.1) is 11.8 Å². The zero-order chi connectivity index (χ0) is 24.6. The summed E-state index contributed by atoms with van der Waals surface area (Å²) in [6.07, 6.45) is 3.33. The van der Waals surface area contributed by atoms with E-state index in [0.29, 0.717) is 41.0 Å². The summed E-state index contributed by atoms with van der Waals surface area (Å²) in [4.78, 5) is 18.8. The van der Waals surface area contributed by atoms with Crippen LogP contribution in [-0.2, 0) is 10.5 Å². The fraction of sp³-hybridized carbons (Fsp3) is 0.292. The van der Waals surface area contributed by atoms with Gasteiger partial charge >= 0.3 is 0 Å². The summed E-state index contributed by atoms with van der Waals surface area (Å²) in [7, 11) is 0. The monoisotopic (exact) mass is 489 g/mol. The zero-order valence-corrected chi connectivity index (χ0v) is 19.7. The van der Waals surface area contributed by atoms with E-state index < -0.39 is 0 Å². The molecule has 4 heterocycles. The Labute approximate surface area is 207 Å². The van der Waals surface area contributed by atoms with Crippen LogP contribution in [-0.4, -0.2) is 59.6 Å². The van der Waals surface area contributed by atoms with Crippen LogP contribution in [0.25, 0.3) is 16.0 Å². The Kier molecular flexibility index (Phi) is 7.95. The Morgan fingerprint density at radius 2 is 2.06 bits per heavy atom. The van der Waals surface area contributed by atoms with Crippen molar-refractivity contribution >= 4 is 29.1 Å². The minimum absolute atomic E-state index is 0.0536. The number of thioether (sulfide) groups is 1. The summed E-state index contributed by atoms with van der Waals surface area (Å²) < 4.78 is 10.7. The molecule has 1 fully saturated rings. The number of morpholine rings is 1. The summed E-state index contributed by atoms with van der Waals surface area (Å²) >= 11 is 1.36. The van der Waals surface area contributed by atoms with Crippen LogP contribution in [0.3, 0.4) is 0 Å². The number of nitrogens with zero attached hydrogens (tertiary/aromatic N) is 6. The van der Waals surface area contributed by atoms with Crippen molar-refractivity contribution in [2.75, 3.05) is 50.2 Å². The van der Waals surface area contributed by atoms with Gasteiger partial charge in [-0.25, -0.2) is 19.8 Å². The van der Waals surface area contributed by atoms with Gasteiger partial charge in [0.05, 0.1) is 32.0 Å². The molecule has 0 aromatic carbocycles. The lowest BCUT2D eigenvalue weighted by molar-refractivity contribution is 0.122. The third-order valence-electron chi connectivity index (χ3n) is 5.27. The summed E-state index contributed by atoms with van der Waals surface area (Å²) in [6, 6.07) is 9.49. The van der Waals surface area contributed by atoms with Crippen molar-refractivity contribution in [3.05, 3.63) is 59.2 Å². The maximum absolute atomic E-state index is 9.97. The Hall–Kier alpha value is -3.90. The lowest BCUT2D eigenvalue weighted by Gasteiger charge is -2.27. The SMILES string of the molecule is [C-]#[N+]c1c(N)nc(SCc2ccc(N3CCOCC3)nc2)c(C#N)c1-c1ccc(OCCO)nc1. The summed E-state index contributed by atoms with van der Waals surface area (Å²) in [6.45, 7) is 10.6. The predicted octanol–water partition coefficient (Wildman–Crippen LogP) is 3.04. The number of pyridine rings is 3. The number of ether oxygens (including phenoxy) is 2. The van der Waals surface area contributed by atoms with E-state index >= 15 is 0 Å². The first-order valence-corrected chi connectivity index (χ1v) is 11.8. The number of nitrogen functional groups attached to an aromatic ring is 1. The maximum atomic E-state index is 9.97. The first-order valence-electron chi connectivity index (χ1n) is 10.9. The van der Waals surface area contributed by atoms with Gasteiger partial charge in [-0.05, 0) is 23.3 Å². The lowest BCUT2D eigenvalue weighted by atomic mass is 10.0. The average molecular weight is 490 g/mol. The van der Waals surface area contributed by atoms with Crippen LogP contribution in [0.1, 0.15) is 11.1 Å². The summed E-state index contributed by atoms with van der Waals surface area (Å²) in [5.41, 5.74) is 8.39. The molecule has 0 bridgehead atoms. The molecule has 3 aromatic rings. The van der Waals surface area contributed by atoms with E-state index in [1.807, 2.05) is 18.3 Å². The molecule has 0 unspecified atom stereocenters. The number of hydrogen-bond acceptors (Lipinski definition) is 10. The number of nitrogens with two attached hydrogens (primary N) is 1. The number of aliphatic hydroxyl groups is 1. The highest BCUT2D eigenvalue weighted by Crippen LogP contribution is 2.41. The molecule has 10 nitrogen and oxygen atoms in total. The van der Waals surface area contributed by atoms with Crippen LogP contribution >= 0.6 is 11.8 Å². The molecule has 11 heteroatoms. The number of aliphatic hydroxyl groups excluding tert-OH is 1. The minimum atomic E-state index is -0.128. The van der Waals surface area contributed by atoms with Crippen LogP contribution < -0.4 is 15.4 Å². The van der Waals surface area contributed by atoms with Crippen molar-refractivity contribution in [1.82, 2.24) is 15.0 Å². The first-order chi connectivity index (χ1) is 17.1. The van der Waals surface area contributed by atoms with Crippen molar-refractivity contribution in [3.8, 4) is 23.1 Å². The second-order valence-electron chi connectivity index (χ2n) is 7.49. The molecule has 0 aliphatic carbocycles. The Bertz CT molecular complexity index is 1250. The minimum Gasteiger partial charge on any atom is -0.475 e. The molecule has 0 saturated carbocycles. The van der Waals surface area contributed by atoms with E-state index in [9.17, 15) is 5.26 Å². The van der Waals surface area contributed by atoms with Crippen molar-refractivity contribution in [2.45, 2.75) is 10.8 Å². The molecule has 35 heavy (non-hydrogen) atoms. The molecule has 178 valence electrons. The second kappa shape index (κ2) is 11.5. The highest BCUT2D eigenvalue weighted by atomic mass is 32.2. The highest BCUT2D eigenvalue weighted by Gasteiger charge is 2.21. The third-order valence-corrected chi connectivity index (χ3v) is 6.32. The van der Waals surface area contributed by atoms with Gasteiger partial charge in [0.2, 0.25) is 11.6 Å². The number of rotatable bonds is 8. The zero-order valence-electron chi connectivity index (χ0n) is 18.8. The van der Waals surface area contributed by atoms with E-state index in [0.717, 1.165) is 24.5 Å². The number of hydrogen-bond donors (Lipinski definition) is 2. The van der Waals surface area contributed by atoms with Crippen LogP contribution in [0.4, 0.5) is 17.3 Å². The van der Waals surface area contributed by atoms with Crippen LogP contribution in [0, 0.1) is 17.9 Å². The maximum Gasteiger partial charge on any atom is 0.237 e. The largest absolute Gasteiger partial charge is 0.475 e. The van der Waals surface area contributed by atoms with E-state index in [-0.39, 0.29) is 30.3 Å². The molecule has 0 amide bonds. The van der Waals surface area contributed by atoms with Crippen LogP contribution in [0.2, 0.25) is 0 Å². The Morgan fingerprint density at radius 3 is 2.69 bits per heavy atom. The Morgan fingerprint density at radius 1 is 1.23 bits per heavy atom. The van der Waals surface area contributed by atoms with Crippen molar-refractivity contribution in [2.24, 2.45) is 0 Å². The molecule has 1 aliphatic rings. The van der Waals surface area contributed by atoms with Crippen molar-refractivity contribution < 1.29 is 14.6 Å². The topological polar surface area (TPSA) is 135 Å². The average Bonchev–Trinajstić information content (AvgIpc) is 2.91. The molecular weight excluding hydrogens is 466 g/mol. The normalized spacial score (nSPS) is 13.2. The van der Waals surface area contributed by atoms with Crippen molar-refractivity contribution in [1.29, 1.82) is 5.26 Å². The van der Waals surface area contributed by atoms with Crippen molar-refractivity contribution in [3.63, 3.8) is 0 Å². The molecule has 3 N–H and O–H groups in total. The molecule has 4 rings (SSSR count). The fourth-order valence-corrected chi connectivity index (χ4v) is 4.50. The molecule has 0 spiro atoms. The second-order valence-corrected chi connectivity index (χ2v) is 8.46. The third kappa shape index (κ3) is 5.61. The van der Waals surface area contributed by atoms with Gasteiger partial charge in [-0.2, -0.15) is 5.26 Å². The van der Waals surface area contributed by atoms with Gasteiger partial charge in [0.25, 0.3) is 0 Å². The molecular formula is C24H23N7O3S. The van der Waals surface area contributed by atoms with E-state index in [1.165, 1.54) is 18.0 Å². The van der Waals surface area contributed by atoms with E-state index in [4.69, 9.17) is 26.9 Å². The number of anilines is 2. The smallest absolute Gasteiger partial charge is 0.237 e. The number of aromatic nitrogens is 3. The van der Waals surface area contributed by atoms with Crippen LogP contribution in [0.15, 0.2) is 41.7 Å². The van der Waals surface area contributed by atoms with Gasteiger partial charge in [0, 0.05) is 42.9 Å². The number of nitriles is 1. The van der Waals surface area contributed by atoms with Gasteiger partial charge in [0.1, 0.15) is 29.3 Å². The van der Waals surface area contributed by atoms with Crippen LogP contribution in [0.5, 0.6) is 5.88 Å². The van der Waals surface area contributed by atoms with Gasteiger partial charge < -0.3 is 25.2 Å². The predicted molar refractivity (Wildman–Crippen MR) is 132 cm³/mol. The lowest BCUT2D eigenvalue weighted by Crippen LogP contribution is -2.36. The highest BCUT2D eigenvalue weighted by molar-refractivity contribution is 7.98. The summed E-state index contributed by atoms with van der Waals surface area (Å²) in [5, 5.41) is 19.3. The van der Waals surface area contributed by atoms with E-state index in [1.54, 1.807) is 12.1 Å². The molecule has 3 aromatic heterocycles. The molecule has 0 atom stereocenters. The Balaban J connectivity index is 1.58. The van der Waals surface area contributed by atoms with Gasteiger partial charge in [-0.1, -0.05) is 6.07 Å².